The van der Waals surface area contributed by atoms with Crippen molar-refractivity contribution < 1.29 is 14.6 Å². The number of ether oxygens (including phenoxy) is 2. The van der Waals surface area contributed by atoms with Gasteiger partial charge in [0.25, 0.3) is 0 Å². The Kier molecular flexibility index (Phi) is 6.81. The zero-order chi connectivity index (χ0) is 11.6. The van der Waals surface area contributed by atoms with Crippen LogP contribution in [0.15, 0.2) is 24.3 Å². The fourth-order valence-electron chi connectivity index (χ4n) is 1.40. The molecule has 0 aliphatic rings. The molecule has 0 saturated carbocycles. The van der Waals surface area contributed by atoms with Crippen molar-refractivity contribution in [3.05, 3.63) is 35.4 Å². The molecule has 3 nitrogen and oxygen atoms in total. The molecular formula is C13H20O3. The fraction of sp³-hybridized carbons (Fsp3) is 0.538. The molecule has 0 aromatic heterocycles. The predicted molar refractivity (Wildman–Crippen MR) is 63.1 cm³/mol. The summed E-state index contributed by atoms with van der Waals surface area (Å²) in [4.78, 5) is 0. The van der Waals surface area contributed by atoms with E-state index in [0.717, 1.165) is 18.6 Å². The SMILES string of the molecule is CCCOCc1cccc(COCCO)c1. The average Bonchev–Trinajstić information content (AvgIpc) is 2.30. The highest BCUT2D eigenvalue weighted by atomic mass is 16.5. The maximum Gasteiger partial charge on any atom is 0.0718 e. The van der Waals surface area contributed by atoms with E-state index in [1.165, 1.54) is 5.56 Å². The van der Waals surface area contributed by atoms with E-state index in [9.17, 15) is 0 Å². The third-order valence-corrected chi connectivity index (χ3v) is 2.11. The first-order valence-corrected chi connectivity index (χ1v) is 5.71. The molecule has 0 atom stereocenters. The zero-order valence-electron chi connectivity index (χ0n) is 9.82. The molecule has 90 valence electrons. The largest absolute Gasteiger partial charge is 0.394 e. The van der Waals surface area contributed by atoms with Gasteiger partial charge in [0.05, 0.1) is 26.4 Å². The number of hydrogen-bond acceptors (Lipinski definition) is 3. The summed E-state index contributed by atoms with van der Waals surface area (Å²) >= 11 is 0. The predicted octanol–water partition coefficient (Wildman–Crippen LogP) is 2.12. The molecule has 16 heavy (non-hydrogen) atoms. The molecule has 1 aromatic rings. The summed E-state index contributed by atoms with van der Waals surface area (Å²) in [5.74, 6) is 0. The van der Waals surface area contributed by atoms with Gasteiger partial charge in [0.15, 0.2) is 0 Å². The minimum Gasteiger partial charge on any atom is -0.394 e. The van der Waals surface area contributed by atoms with Crippen LogP contribution < -0.4 is 0 Å². The van der Waals surface area contributed by atoms with Gasteiger partial charge in [0.1, 0.15) is 0 Å². The maximum atomic E-state index is 8.60. The highest BCUT2D eigenvalue weighted by Crippen LogP contribution is 2.08. The van der Waals surface area contributed by atoms with Crippen molar-refractivity contribution >= 4 is 0 Å². The number of aliphatic hydroxyl groups is 1. The molecule has 1 aromatic carbocycles. The monoisotopic (exact) mass is 224 g/mol. The summed E-state index contributed by atoms with van der Waals surface area (Å²) in [6.45, 7) is 4.55. The molecule has 3 heteroatoms. The Bertz CT molecular complexity index is 261. The van der Waals surface area contributed by atoms with Crippen LogP contribution in [0.1, 0.15) is 24.5 Å². The standard InChI is InChI=1S/C13H20O3/c1-2-7-15-10-12-4-3-5-13(9-12)11-16-8-6-14/h3-5,9,14H,2,6-8,10-11H2,1H3. The highest BCUT2D eigenvalue weighted by molar-refractivity contribution is 5.22. The lowest BCUT2D eigenvalue weighted by atomic mass is 10.1. The summed E-state index contributed by atoms with van der Waals surface area (Å²) in [7, 11) is 0. The van der Waals surface area contributed by atoms with Crippen LogP contribution in [0.5, 0.6) is 0 Å². The third kappa shape index (κ3) is 5.26. The Labute approximate surface area is 97.0 Å². The van der Waals surface area contributed by atoms with Crippen LogP contribution in [0.3, 0.4) is 0 Å². The van der Waals surface area contributed by atoms with Gasteiger partial charge in [-0.3, -0.25) is 0 Å². The van der Waals surface area contributed by atoms with Gasteiger partial charge in [-0.05, 0) is 17.5 Å². The molecule has 0 unspecified atom stereocenters. The van der Waals surface area contributed by atoms with Crippen LogP contribution >= 0.6 is 0 Å². The highest BCUT2D eigenvalue weighted by Gasteiger charge is 1.97. The van der Waals surface area contributed by atoms with Crippen molar-refractivity contribution in [1.82, 2.24) is 0 Å². The third-order valence-electron chi connectivity index (χ3n) is 2.11. The Balaban J connectivity index is 2.37. The first kappa shape index (κ1) is 13.2. The Morgan fingerprint density at radius 3 is 2.25 bits per heavy atom. The van der Waals surface area contributed by atoms with E-state index in [0.29, 0.717) is 19.8 Å². The van der Waals surface area contributed by atoms with Gasteiger partial charge in [0, 0.05) is 6.61 Å². The molecule has 0 radical (unpaired) electrons. The molecule has 0 saturated heterocycles. The summed E-state index contributed by atoms with van der Waals surface area (Å²) in [6, 6.07) is 8.14. The van der Waals surface area contributed by atoms with Crippen LogP contribution in [0, 0.1) is 0 Å². The summed E-state index contributed by atoms with van der Waals surface area (Å²) in [5, 5.41) is 8.60. The van der Waals surface area contributed by atoms with Crippen LogP contribution in [-0.2, 0) is 22.7 Å². The van der Waals surface area contributed by atoms with Gasteiger partial charge in [-0.1, -0.05) is 31.2 Å². The van der Waals surface area contributed by atoms with E-state index < -0.39 is 0 Å². The molecule has 0 heterocycles. The van der Waals surface area contributed by atoms with Crippen LogP contribution in [0.4, 0.5) is 0 Å². The smallest absolute Gasteiger partial charge is 0.0718 e. The van der Waals surface area contributed by atoms with E-state index in [2.05, 4.69) is 13.0 Å². The molecule has 0 aliphatic heterocycles. The number of hydrogen-bond donors (Lipinski definition) is 1. The van der Waals surface area contributed by atoms with Gasteiger partial charge in [0.2, 0.25) is 0 Å². The van der Waals surface area contributed by atoms with E-state index in [1.807, 2.05) is 18.2 Å². The van der Waals surface area contributed by atoms with E-state index in [-0.39, 0.29) is 6.61 Å². The first-order valence-electron chi connectivity index (χ1n) is 5.71. The molecule has 1 N–H and O–H groups in total. The number of aliphatic hydroxyl groups excluding tert-OH is 1. The van der Waals surface area contributed by atoms with Crippen molar-refractivity contribution in [3.63, 3.8) is 0 Å². The van der Waals surface area contributed by atoms with Gasteiger partial charge >= 0.3 is 0 Å². The van der Waals surface area contributed by atoms with Gasteiger partial charge < -0.3 is 14.6 Å². The van der Waals surface area contributed by atoms with Crippen molar-refractivity contribution in [2.45, 2.75) is 26.6 Å². The topological polar surface area (TPSA) is 38.7 Å². The molecule has 0 amide bonds. The second-order valence-electron chi connectivity index (χ2n) is 3.65. The molecule has 1 rings (SSSR count). The van der Waals surface area contributed by atoms with E-state index in [1.54, 1.807) is 0 Å². The van der Waals surface area contributed by atoms with Crippen LogP contribution in [0.2, 0.25) is 0 Å². The fourth-order valence-corrected chi connectivity index (χ4v) is 1.40. The summed E-state index contributed by atoms with van der Waals surface area (Å²) in [6.07, 6.45) is 1.04. The van der Waals surface area contributed by atoms with Gasteiger partial charge in [-0.25, -0.2) is 0 Å². The van der Waals surface area contributed by atoms with Crippen LogP contribution in [-0.4, -0.2) is 24.9 Å². The Morgan fingerprint density at radius 1 is 1.06 bits per heavy atom. The first-order chi connectivity index (χ1) is 7.86. The Hall–Kier alpha value is -0.900. The minimum absolute atomic E-state index is 0.0688. The molecular weight excluding hydrogens is 204 g/mol. The zero-order valence-corrected chi connectivity index (χ0v) is 9.82. The second-order valence-corrected chi connectivity index (χ2v) is 3.65. The van der Waals surface area contributed by atoms with Crippen molar-refractivity contribution in [2.24, 2.45) is 0 Å². The van der Waals surface area contributed by atoms with Crippen molar-refractivity contribution in [2.75, 3.05) is 19.8 Å². The quantitative estimate of drug-likeness (QED) is 0.687. The van der Waals surface area contributed by atoms with Crippen LogP contribution in [0.25, 0.3) is 0 Å². The average molecular weight is 224 g/mol. The summed E-state index contributed by atoms with van der Waals surface area (Å²) < 4.78 is 10.7. The molecule has 0 bridgehead atoms. The molecule has 0 aliphatic carbocycles. The lowest BCUT2D eigenvalue weighted by Gasteiger charge is -2.06. The normalized spacial score (nSPS) is 10.6. The lowest BCUT2D eigenvalue weighted by Crippen LogP contribution is -2.00. The number of rotatable bonds is 8. The van der Waals surface area contributed by atoms with Crippen molar-refractivity contribution in [1.29, 1.82) is 0 Å². The van der Waals surface area contributed by atoms with Crippen molar-refractivity contribution in [3.8, 4) is 0 Å². The molecule has 0 spiro atoms. The molecule has 0 fully saturated rings. The van der Waals surface area contributed by atoms with Gasteiger partial charge in [-0.2, -0.15) is 0 Å². The van der Waals surface area contributed by atoms with E-state index >= 15 is 0 Å². The maximum absolute atomic E-state index is 8.60. The summed E-state index contributed by atoms with van der Waals surface area (Å²) in [5.41, 5.74) is 2.28. The minimum atomic E-state index is 0.0688. The Morgan fingerprint density at radius 2 is 1.69 bits per heavy atom. The number of benzene rings is 1. The van der Waals surface area contributed by atoms with E-state index in [4.69, 9.17) is 14.6 Å². The second kappa shape index (κ2) is 8.28. The van der Waals surface area contributed by atoms with Gasteiger partial charge in [-0.15, -0.1) is 0 Å². The lowest BCUT2D eigenvalue weighted by molar-refractivity contribution is 0.0813.